The minimum atomic E-state index is -0.0258. The summed E-state index contributed by atoms with van der Waals surface area (Å²) < 4.78 is 17.7. The summed E-state index contributed by atoms with van der Waals surface area (Å²) in [4.78, 5) is 21.7. The highest BCUT2D eigenvalue weighted by atomic mass is 35.5. The number of halogens is 2. The van der Waals surface area contributed by atoms with Crippen LogP contribution >= 0.6 is 24.0 Å². The summed E-state index contributed by atoms with van der Waals surface area (Å²) in [5.74, 6) is 2.27. The molecule has 4 aromatic carbocycles. The number of hydrogen-bond acceptors (Lipinski definition) is 8. The van der Waals surface area contributed by atoms with E-state index in [1.165, 1.54) is 11.1 Å². The van der Waals surface area contributed by atoms with Crippen LogP contribution < -0.4 is 14.2 Å². The molecule has 11 heteroatoms. The quantitative estimate of drug-likeness (QED) is 0.106. The normalized spacial score (nSPS) is 12.9. The monoisotopic (exact) mass is 778 g/mol. The highest BCUT2D eigenvalue weighted by Crippen LogP contribution is 2.34. The highest BCUT2D eigenvalue weighted by molar-refractivity contribution is 6.32. The van der Waals surface area contributed by atoms with Gasteiger partial charge in [-0.2, -0.15) is 5.26 Å². The van der Waals surface area contributed by atoms with E-state index in [1.54, 1.807) is 48.7 Å². The maximum Gasteiger partial charge on any atom is 0.246 e. The fourth-order valence-corrected chi connectivity index (χ4v) is 6.39. The number of aryl methyl sites for hydroxylation is 1. The first-order valence-electron chi connectivity index (χ1n) is 18.0. The average molecular weight is 780 g/mol. The molecule has 0 spiro atoms. The molecule has 1 fully saturated rings. The molecule has 2 heterocycles. The standard InChI is InChI=1S/C44H43ClN4O5.ClH/c1-32-26-38(27-41(45)44(32)54-42-16-15-40(29-47-42)53-31-37-8-4-35(28-46)5-9-37)12-17-43(51)49-22-20-48(21-23-49)30-36-6-2-34(3-7-36)19-25-52-39-13-10-33(11-14-39)18-24-50;/h2-17,26-27,29,50H,18-25,30-31H2,1H3;1H/b17-12+;. The lowest BCUT2D eigenvalue weighted by Gasteiger charge is -2.34. The minimum absolute atomic E-state index is 0. The predicted molar refractivity (Wildman–Crippen MR) is 217 cm³/mol. The number of pyridine rings is 1. The third-order valence-corrected chi connectivity index (χ3v) is 9.45. The number of rotatable bonds is 15. The van der Waals surface area contributed by atoms with Crippen molar-refractivity contribution < 1.29 is 24.1 Å². The van der Waals surface area contributed by atoms with E-state index in [-0.39, 0.29) is 24.9 Å². The number of aliphatic hydroxyl groups excluding tert-OH is 1. The smallest absolute Gasteiger partial charge is 0.246 e. The molecule has 1 amide bonds. The zero-order valence-corrected chi connectivity index (χ0v) is 32.3. The number of carbonyl (C=O) groups excluding carboxylic acids is 1. The van der Waals surface area contributed by atoms with Crippen LogP contribution in [0.1, 0.15) is 38.9 Å². The Morgan fingerprint density at radius 2 is 1.51 bits per heavy atom. The van der Waals surface area contributed by atoms with Crippen molar-refractivity contribution in [3.05, 3.63) is 153 Å². The summed E-state index contributed by atoms with van der Waals surface area (Å²) in [6, 6.07) is 33.1. The van der Waals surface area contributed by atoms with E-state index < -0.39 is 0 Å². The van der Waals surface area contributed by atoms with Crippen LogP contribution in [0, 0.1) is 18.3 Å². The van der Waals surface area contributed by atoms with Gasteiger partial charge in [0, 0.05) is 57.9 Å². The maximum absolute atomic E-state index is 13.1. The molecule has 0 radical (unpaired) electrons. The third kappa shape index (κ3) is 12.1. The Kier molecular flexibility index (Phi) is 15.1. The summed E-state index contributed by atoms with van der Waals surface area (Å²) in [5.41, 5.74) is 6.74. The van der Waals surface area contributed by atoms with Crippen LogP contribution in [-0.4, -0.2) is 65.2 Å². The second-order valence-corrected chi connectivity index (χ2v) is 13.6. The molecule has 6 rings (SSSR count). The van der Waals surface area contributed by atoms with E-state index >= 15 is 0 Å². The lowest BCUT2D eigenvalue weighted by atomic mass is 10.1. The van der Waals surface area contributed by atoms with Crippen molar-refractivity contribution in [1.82, 2.24) is 14.8 Å². The number of amides is 1. The molecule has 0 bridgehead atoms. The molecule has 1 aromatic heterocycles. The van der Waals surface area contributed by atoms with Crippen LogP contribution in [0.3, 0.4) is 0 Å². The van der Waals surface area contributed by atoms with E-state index in [1.807, 2.05) is 54.3 Å². The van der Waals surface area contributed by atoms with Gasteiger partial charge < -0.3 is 24.2 Å². The first-order chi connectivity index (χ1) is 26.3. The van der Waals surface area contributed by atoms with E-state index in [2.05, 4.69) is 40.2 Å². The predicted octanol–water partition coefficient (Wildman–Crippen LogP) is 8.22. The molecule has 55 heavy (non-hydrogen) atoms. The lowest BCUT2D eigenvalue weighted by molar-refractivity contribution is -0.127. The molecule has 5 aromatic rings. The van der Waals surface area contributed by atoms with Gasteiger partial charge in [0.05, 0.1) is 29.5 Å². The third-order valence-electron chi connectivity index (χ3n) is 9.17. The molecule has 0 atom stereocenters. The van der Waals surface area contributed by atoms with E-state index in [9.17, 15) is 4.79 Å². The van der Waals surface area contributed by atoms with Crippen LogP contribution in [0.15, 0.2) is 109 Å². The lowest BCUT2D eigenvalue weighted by Crippen LogP contribution is -2.47. The summed E-state index contributed by atoms with van der Waals surface area (Å²) in [7, 11) is 0. The van der Waals surface area contributed by atoms with Gasteiger partial charge in [-0.05, 0) is 95.3 Å². The zero-order chi connectivity index (χ0) is 37.7. The van der Waals surface area contributed by atoms with Gasteiger partial charge >= 0.3 is 0 Å². The maximum atomic E-state index is 13.1. The fourth-order valence-electron chi connectivity index (χ4n) is 6.08. The molecule has 0 unspecified atom stereocenters. The number of nitriles is 1. The van der Waals surface area contributed by atoms with Crippen molar-refractivity contribution in [3.8, 4) is 29.2 Å². The molecule has 1 saturated heterocycles. The van der Waals surface area contributed by atoms with E-state index in [4.69, 9.17) is 36.2 Å². The molecule has 0 saturated carbocycles. The van der Waals surface area contributed by atoms with Crippen molar-refractivity contribution in [2.75, 3.05) is 39.4 Å². The number of aromatic nitrogens is 1. The summed E-state index contributed by atoms with van der Waals surface area (Å²) in [6.45, 7) is 6.79. The first kappa shape index (κ1) is 40.8. The summed E-state index contributed by atoms with van der Waals surface area (Å²) in [5, 5.41) is 18.4. The molecular formula is C44H44Cl2N4O5. The van der Waals surface area contributed by atoms with Gasteiger partial charge in [0.2, 0.25) is 11.8 Å². The van der Waals surface area contributed by atoms with Crippen molar-refractivity contribution in [3.63, 3.8) is 0 Å². The Balaban J connectivity index is 0.00000580. The first-order valence-corrected chi connectivity index (χ1v) is 18.4. The van der Waals surface area contributed by atoms with Crippen LogP contribution in [0.5, 0.6) is 23.1 Å². The van der Waals surface area contributed by atoms with Gasteiger partial charge in [0.15, 0.2) is 5.75 Å². The second-order valence-electron chi connectivity index (χ2n) is 13.1. The van der Waals surface area contributed by atoms with Crippen LogP contribution in [0.2, 0.25) is 5.02 Å². The van der Waals surface area contributed by atoms with Crippen molar-refractivity contribution in [2.24, 2.45) is 0 Å². The van der Waals surface area contributed by atoms with Crippen LogP contribution in [-0.2, 0) is 30.8 Å². The number of aliphatic hydroxyl groups is 1. The molecule has 1 aliphatic rings. The Morgan fingerprint density at radius 3 is 2.16 bits per heavy atom. The topological polar surface area (TPSA) is 108 Å². The van der Waals surface area contributed by atoms with Gasteiger partial charge in [-0.3, -0.25) is 9.69 Å². The van der Waals surface area contributed by atoms with E-state index in [0.717, 1.165) is 54.1 Å². The van der Waals surface area contributed by atoms with Crippen LogP contribution in [0.25, 0.3) is 6.08 Å². The molecular weight excluding hydrogens is 735 g/mol. The molecule has 0 aliphatic carbocycles. The summed E-state index contributed by atoms with van der Waals surface area (Å²) in [6.07, 6.45) is 6.46. The fraction of sp³-hybridized carbons (Fsp3) is 0.250. The summed E-state index contributed by atoms with van der Waals surface area (Å²) >= 11 is 6.62. The van der Waals surface area contributed by atoms with Crippen LogP contribution in [0.4, 0.5) is 0 Å². The number of hydrogen-bond donors (Lipinski definition) is 1. The Morgan fingerprint density at radius 1 is 0.855 bits per heavy atom. The highest BCUT2D eigenvalue weighted by Gasteiger charge is 2.20. The van der Waals surface area contributed by atoms with Gasteiger partial charge in [-0.25, -0.2) is 4.98 Å². The number of benzene rings is 4. The minimum Gasteiger partial charge on any atom is -0.493 e. The van der Waals surface area contributed by atoms with E-state index in [0.29, 0.717) is 60.7 Å². The van der Waals surface area contributed by atoms with Gasteiger partial charge in [-0.15, -0.1) is 12.4 Å². The molecule has 1 N–H and O–H groups in total. The van der Waals surface area contributed by atoms with Gasteiger partial charge in [0.25, 0.3) is 0 Å². The second kappa shape index (κ2) is 20.3. The Bertz CT molecular complexity index is 2040. The largest absolute Gasteiger partial charge is 0.493 e. The average Bonchev–Trinajstić information content (AvgIpc) is 3.20. The Labute approximate surface area is 333 Å². The number of piperazine rings is 1. The van der Waals surface area contributed by atoms with Crippen molar-refractivity contribution >= 4 is 36.0 Å². The van der Waals surface area contributed by atoms with Crippen molar-refractivity contribution in [2.45, 2.75) is 32.9 Å². The number of ether oxygens (including phenoxy) is 3. The molecule has 9 nitrogen and oxygen atoms in total. The molecule has 284 valence electrons. The van der Waals surface area contributed by atoms with Gasteiger partial charge in [-0.1, -0.05) is 60.1 Å². The Hall–Kier alpha value is -5.37. The SMILES string of the molecule is Cc1cc(/C=C/C(=O)N2CCN(Cc3ccc(CCOc4ccc(CCO)cc4)cc3)CC2)cc(Cl)c1Oc1ccc(OCc2ccc(C#N)cc2)cn1.Cl. The molecule has 1 aliphatic heterocycles. The van der Waals surface area contributed by atoms with Crippen molar-refractivity contribution in [1.29, 1.82) is 5.26 Å². The number of carbonyl (C=O) groups is 1. The zero-order valence-electron chi connectivity index (χ0n) is 30.7. The number of nitrogens with zero attached hydrogens (tertiary/aromatic N) is 4. The van der Waals surface area contributed by atoms with Gasteiger partial charge in [0.1, 0.15) is 18.1 Å².